The van der Waals surface area contributed by atoms with Crippen LogP contribution in [0.2, 0.25) is 0 Å². The van der Waals surface area contributed by atoms with Gasteiger partial charge in [0.15, 0.2) is 0 Å². The summed E-state index contributed by atoms with van der Waals surface area (Å²) in [5.74, 6) is 5.86. The molecule has 0 aliphatic heterocycles. The molecule has 3 aromatic rings. The largest absolute Gasteiger partial charge is 0.271 e. The molecule has 0 spiro atoms. The van der Waals surface area contributed by atoms with Gasteiger partial charge in [0, 0.05) is 16.1 Å². The van der Waals surface area contributed by atoms with Gasteiger partial charge in [-0.3, -0.25) is 10.8 Å². The molecule has 3 rings (SSSR count). The number of fused-ring (bicyclic) bond motifs is 1. The lowest BCUT2D eigenvalue weighted by atomic mass is 9.95. The van der Waals surface area contributed by atoms with Crippen molar-refractivity contribution in [2.24, 2.45) is 5.84 Å². The molecule has 0 fully saturated rings. The lowest BCUT2D eigenvalue weighted by Gasteiger charge is -2.20. The first kappa shape index (κ1) is 14.2. The van der Waals surface area contributed by atoms with E-state index in [4.69, 9.17) is 5.84 Å². The molecule has 1 unspecified atom stereocenters. The molecule has 0 radical (unpaired) electrons. The van der Waals surface area contributed by atoms with Gasteiger partial charge in [-0.25, -0.2) is 5.43 Å². The highest BCUT2D eigenvalue weighted by atomic mass is 79.9. The van der Waals surface area contributed by atoms with Crippen molar-refractivity contribution >= 4 is 26.8 Å². The Morgan fingerprint density at radius 2 is 1.95 bits per heavy atom. The SMILES string of the molecule is Cc1ccc(Br)c(C(NN)c2cccc3ncccc23)c1. The lowest BCUT2D eigenvalue weighted by Crippen LogP contribution is -2.29. The van der Waals surface area contributed by atoms with E-state index >= 15 is 0 Å². The molecule has 1 aromatic heterocycles. The van der Waals surface area contributed by atoms with E-state index < -0.39 is 0 Å². The van der Waals surface area contributed by atoms with Crippen LogP contribution in [0, 0.1) is 6.92 Å². The van der Waals surface area contributed by atoms with Gasteiger partial charge in [-0.15, -0.1) is 0 Å². The van der Waals surface area contributed by atoms with Gasteiger partial charge in [0.2, 0.25) is 0 Å². The third-order valence-corrected chi connectivity index (χ3v) is 4.34. The number of nitrogens with one attached hydrogen (secondary N) is 1. The van der Waals surface area contributed by atoms with Crippen LogP contribution >= 0.6 is 15.9 Å². The number of nitrogens with zero attached hydrogens (tertiary/aromatic N) is 1. The summed E-state index contributed by atoms with van der Waals surface area (Å²) >= 11 is 3.62. The average molecular weight is 342 g/mol. The minimum absolute atomic E-state index is 0.0906. The minimum atomic E-state index is -0.0906. The minimum Gasteiger partial charge on any atom is -0.271 e. The number of benzene rings is 2. The molecule has 0 aliphatic carbocycles. The molecule has 0 saturated carbocycles. The summed E-state index contributed by atoms with van der Waals surface area (Å²) in [5, 5.41) is 1.11. The molecule has 106 valence electrons. The zero-order valence-electron chi connectivity index (χ0n) is 11.7. The van der Waals surface area contributed by atoms with Crippen molar-refractivity contribution in [1.82, 2.24) is 10.4 Å². The number of halogens is 1. The summed E-state index contributed by atoms with van der Waals surface area (Å²) in [6.07, 6.45) is 1.81. The van der Waals surface area contributed by atoms with E-state index in [1.165, 1.54) is 5.56 Å². The number of rotatable bonds is 3. The van der Waals surface area contributed by atoms with Crippen molar-refractivity contribution in [3.8, 4) is 0 Å². The molecule has 1 heterocycles. The molecule has 1 atom stereocenters. The first-order valence-electron chi connectivity index (χ1n) is 6.76. The first-order valence-corrected chi connectivity index (χ1v) is 7.56. The molecule has 0 amide bonds. The molecule has 0 saturated heterocycles. The van der Waals surface area contributed by atoms with Crippen molar-refractivity contribution in [3.05, 3.63) is 75.9 Å². The number of nitrogens with two attached hydrogens (primary N) is 1. The number of hydrogen-bond donors (Lipinski definition) is 2. The Balaban J connectivity index is 2.21. The molecule has 3 nitrogen and oxygen atoms in total. The average Bonchev–Trinajstić information content (AvgIpc) is 2.51. The zero-order chi connectivity index (χ0) is 14.8. The normalized spacial score (nSPS) is 12.5. The van der Waals surface area contributed by atoms with Crippen LogP contribution in [0.4, 0.5) is 0 Å². The molecule has 0 aliphatic rings. The summed E-state index contributed by atoms with van der Waals surface area (Å²) < 4.78 is 1.04. The van der Waals surface area contributed by atoms with Gasteiger partial charge in [-0.2, -0.15) is 0 Å². The van der Waals surface area contributed by atoms with Crippen LogP contribution in [0.1, 0.15) is 22.7 Å². The van der Waals surface area contributed by atoms with Crippen molar-refractivity contribution in [2.75, 3.05) is 0 Å². The predicted molar refractivity (Wildman–Crippen MR) is 89.8 cm³/mol. The molecule has 4 heteroatoms. The summed E-state index contributed by atoms with van der Waals surface area (Å²) in [6.45, 7) is 2.08. The Labute approximate surface area is 132 Å². The van der Waals surface area contributed by atoms with Crippen LogP contribution in [0.5, 0.6) is 0 Å². The quantitative estimate of drug-likeness (QED) is 0.561. The van der Waals surface area contributed by atoms with E-state index in [0.717, 1.165) is 26.5 Å². The summed E-state index contributed by atoms with van der Waals surface area (Å²) in [5.41, 5.74) is 7.35. The Morgan fingerprint density at radius 3 is 2.76 bits per heavy atom. The van der Waals surface area contributed by atoms with E-state index in [1.807, 2.05) is 18.2 Å². The first-order chi connectivity index (χ1) is 10.2. The fourth-order valence-corrected chi connectivity index (χ4v) is 3.09. The number of hydrazine groups is 1. The van der Waals surface area contributed by atoms with Crippen LogP contribution in [-0.4, -0.2) is 4.98 Å². The molecule has 0 bridgehead atoms. The third kappa shape index (κ3) is 2.70. The molecule has 21 heavy (non-hydrogen) atoms. The van der Waals surface area contributed by atoms with Crippen molar-refractivity contribution in [3.63, 3.8) is 0 Å². The maximum atomic E-state index is 5.86. The zero-order valence-corrected chi connectivity index (χ0v) is 13.3. The van der Waals surface area contributed by atoms with E-state index in [9.17, 15) is 0 Å². The van der Waals surface area contributed by atoms with E-state index in [0.29, 0.717) is 0 Å². The fourth-order valence-electron chi connectivity index (χ4n) is 2.61. The Hall–Kier alpha value is -1.75. The van der Waals surface area contributed by atoms with Gasteiger partial charge in [-0.05, 0) is 36.2 Å². The van der Waals surface area contributed by atoms with Crippen molar-refractivity contribution in [1.29, 1.82) is 0 Å². The highest BCUT2D eigenvalue weighted by Gasteiger charge is 2.18. The number of hydrogen-bond acceptors (Lipinski definition) is 3. The Kier molecular flexibility index (Phi) is 4.01. The Bertz CT molecular complexity index is 781. The van der Waals surface area contributed by atoms with Crippen molar-refractivity contribution < 1.29 is 0 Å². The maximum absolute atomic E-state index is 5.86. The van der Waals surface area contributed by atoms with Gasteiger partial charge >= 0.3 is 0 Å². The van der Waals surface area contributed by atoms with Crippen LogP contribution in [0.25, 0.3) is 10.9 Å². The standard InChI is InChI=1S/C17H16BrN3/c1-11-7-8-15(18)14(10-11)17(21-19)13-4-2-6-16-12(13)5-3-9-20-16/h2-10,17,21H,19H2,1H3. The predicted octanol–water partition coefficient (Wildman–Crippen LogP) is 3.86. The summed E-state index contributed by atoms with van der Waals surface area (Å²) in [4.78, 5) is 4.41. The van der Waals surface area contributed by atoms with Crippen LogP contribution in [0.3, 0.4) is 0 Å². The lowest BCUT2D eigenvalue weighted by molar-refractivity contribution is 0.638. The van der Waals surface area contributed by atoms with Gasteiger partial charge in [0.1, 0.15) is 0 Å². The molecule has 2 aromatic carbocycles. The highest BCUT2D eigenvalue weighted by Crippen LogP contribution is 2.32. The summed E-state index contributed by atoms with van der Waals surface area (Å²) in [7, 11) is 0. The number of aryl methyl sites for hydroxylation is 1. The number of aromatic nitrogens is 1. The second-order valence-corrected chi connectivity index (χ2v) is 5.90. The van der Waals surface area contributed by atoms with Crippen LogP contribution in [-0.2, 0) is 0 Å². The van der Waals surface area contributed by atoms with Gasteiger partial charge in [-0.1, -0.05) is 51.8 Å². The Morgan fingerprint density at radius 1 is 1.10 bits per heavy atom. The van der Waals surface area contributed by atoms with Gasteiger partial charge < -0.3 is 0 Å². The van der Waals surface area contributed by atoms with Crippen molar-refractivity contribution in [2.45, 2.75) is 13.0 Å². The van der Waals surface area contributed by atoms with E-state index in [1.54, 1.807) is 6.20 Å². The highest BCUT2D eigenvalue weighted by molar-refractivity contribution is 9.10. The fraction of sp³-hybridized carbons (Fsp3) is 0.118. The molecular formula is C17H16BrN3. The molecular weight excluding hydrogens is 326 g/mol. The van der Waals surface area contributed by atoms with Gasteiger partial charge in [0.25, 0.3) is 0 Å². The van der Waals surface area contributed by atoms with Crippen LogP contribution < -0.4 is 11.3 Å². The molecule has 3 N–H and O–H groups in total. The van der Waals surface area contributed by atoms with E-state index in [-0.39, 0.29) is 6.04 Å². The second-order valence-electron chi connectivity index (χ2n) is 5.04. The topological polar surface area (TPSA) is 50.9 Å². The maximum Gasteiger partial charge on any atom is 0.0727 e. The van der Waals surface area contributed by atoms with E-state index in [2.05, 4.69) is 63.6 Å². The number of pyridine rings is 1. The second kappa shape index (κ2) is 5.93. The third-order valence-electron chi connectivity index (χ3n) is 3.62. The van der Waals surface area contributed by atoms with Crippen LogP contribution in [0.15, 0.2) is 59.2 Å². The monoisotopic (exact) mass is 341 g/mol. The summed E-state index contributed by atoms with van der Waals surface area (Å²) in [6, 6.07) is 16.3. The smallest absolute Gasteiger partial charge is 0.0727 e. The van der Waals surface area contributed by atoms with Gasteiger partial charge in [0.05, 0.1) is 11.6 Å².